The van der Waals surface area contributed by atoms with E-state index in [9.17, 15) is 13.2 Å². The van der Waals surface area contributed by atoms with E-state index >= 15 is 0 Å². The molecule has 146 valence electrons. The second-order valence-corrected chi connectivity index (χ2v) is 7.85. The molecule has 0 saturated heterocycles. The van der Waals surface area contributed by atoms with Gasteiger partial charge in [-0.2, -0.15) is 18.3 Å². The Kier molecular flexibility index (Phi) is 6.10. The molecule has 27 heavy (non-hydrogen) atoms. The molecule has 1 aromatic heterocycles. The van der Waals surface area contributed by atoms with Gasteiger partial charge in [-0.1, -0.05) is 12.1 Å². The average Bonchev–Trinajstić information content (AvgIpc) is 3.34. The molecule has 4 nitrogen and oxygen atoms in total. The molecule has 0 spiro atoms. The fourth-order valence-electron chi connectivity index (χ4n) is 2.88. The first kappa shape index (κ1) is 20.1. The van der Waals surface area contributed by atoms with E-state index in [1.807, 2.05) is 31.2 Å². The molecule has 0 atom stereocenters. The highest BCUT2D eigenvalue weighted by Crippen LogP contribution is 2.46. The number of thiocarbonyl (C=S) groups is 1. The summed E-state index contributed by atoms with van der Waals surface area (Å²) >= 11 is 8.36. The number of rotatable bonds is 6. The number of benzene rings is 1. The molecule has 0 aliphatic heterocycles. The molecule has 3 rings (SSSR count). The van der Waals surface area contributed by atoms with Gasteiger partial charge in [-0.3, -0.25) is 4.68 Å². The number of alkyl halides is 3. The number of nitrogens with zero attached hydrogens (tertiary/aromatic N) is 2. The highest BCUT2D eigenvalue weighted by molar-refractivity contribution is 9.10. The fourth-order valence-corrected chi connectivity index (χ4v) is 3.93. The van der Waals surface area contributed by atoms with Gasteiger partial charge in [-0.05, 0) is 72.0 Å². The zero-order valence-corrected chi connectivity index (χ0v) is 17.1. The topological polar surface area (TPSA) is 41.9 Å². The van der Waals surface area contributed by atoms with Gasteiger partial charge in [-0.15, -0.1) is 0 Å². The van der Waals surface area contributed by atoms with E-state index in [0.717, 1.165) is 24.1 Å². The second-order valence-electron chi connectivity index (χ2n) is 6.65. The Bertz CT molecular complexity index is 830. The predicted octanol–water partition coefficient (Wildman–Crippen LogP) is 5.23. The number of nitrogens with one attached hydrogen (secondary N) is 2. The minimum Gasteiger partial charge on any atom is -0.362 e. The van der Waals surface area contributed by atoms with Gasteiger partial charge < -0.3 is 10.6 Å². The van der Waals surface area contributed by atoms with Crippen LogP contribution in [0.15, 0.2) is 28.7 Å². The summed E-state index contributed by atoms with van der Waals surface area (Å²) in [5.41, 5.74) is 1.84. The van der Waals surface area contributed by atoms with Crippen LogP contribution in [0.2, 0.25) is 0 Å². The third-order valence-electron chi connectivity index (χ3n) is 4.27. The first-order chi connectivity index (χ1) is 12.8. The van der Waals surface area contributed by atoms with Crippen LogP contribution in [0.5, 0.6) is 0 Å². The maximum Gasteiger partial charge on any atom is 0.436 e. The number of anilines is 1. The van der Waals surface area contributed by atoms with Gasteiger partial charge in [0.25, 0.3) is 0 Å². The smallest absolute Gasteiger partial charge is 0.362 e. The van der Waals surface area contributed by atoms with Crippen LogP contribution in [-0.2, 0) is 12.7 Å². The summed E-state index contributed by atoms with van der Waals surface area (Å²) in [4.78, 5) is 0. The monoisotopic (exact) mass is 460 g/mol. The summed E-state index contributed by atoms with van der Waals surface area (Å²) in [7, 11) is 0. The predicted molar refractivity (Wildman–Crippen MR) is 107 cm³/mol. The van der Waals surface area contributed by atoms with Crippen molar-refractivity contribution in [2.45, 2.75) is 44.8 Å². The van der Waals surface area contributed by atoms with E-state index < -0.39 is 11.9 Å². The quantitative estimate of drug-likeness (QED) is 0.457. The van der Waals surface area contributed by atoms with Crippen molar-refractivity contribution in [3.8, 4) is 0 Å². The Morgan fingerprint density at radius 2 is 2.11 bits per heavy atom. The van der Waals surface area contributed by atoms with Crippen LogP contribution in [-0.4, -0.2) is 21.4 Å². The standard InChI is InChI=1S/C18H20BrF3N4S/c1-11-4-2-5-13(10-11)24-17(27)23-8-3-9-26-15(12-6-7-12)14(19)16(25-26)18(20,21)22/h2,4-5,10,12H,3,6-9H2,1H3,(H2,23,24,27). The van der Waals surface area contributed by atoms with E-state index in [1.54, 1.807) is 0 Å². The summed E-state index contributed by atoms with van der Waals surface area (Å²) in [6.07, 6.45) is -2.03. The Morgan fingerprint density at radius 3 is 2.74 bits per heavy atom. The molecule has 0 unspecified atom stereocenters. The number of hydrogen-bond donors (Lipinski definition) is 2. The molecule has 1 aliphatic rings. The van der Waals surface area contributed by atoms with E-state index in [2.05, 4.69) is 31.7 Å². The minimum atomic E-state index is -4.45. The van der Waals surface area contributed by atoms with Crippen molar-refractivity contribution in [1.29, 1.82) is 0 Å². The minimum absolute atomic E-state index is 0.0853. The van der Waals surface area contributed by atoms with Gasteiger partial charge in [0.15, 0.2) is 10.8 Å². The van der Waals surface area contributed by atoms with Crippen molar-refractivity contribution < 1.29 is 13.2 Å². The van der Waals surface area contributed by atoms with Crippen molar-refractivity contribution in [1.82, 2.24) is 15.1 Å². The summed E-state index contributed by atoms with van der Waals surface area (Å²) in [6, 6.07) is 7.84. The second kappa shape index (κ2) is 8.18. The van der Waals surface area contributed by atoms with Crippen molar-refractivity contribution in [2.24, 2.45) is 0 Å². The molecule has 1 heterocycles. The third-order valence-corrected chi connectivity index (χ3v) is 5.30. The molecule has 1 fully saturated rings. The maximum atomic E-state index is 13.1. The van der Waals surface area contributed by atoms with Crippen LogP contribution >= 0.6 is 28.1 Å². The number of aryl methyl sites for hydroxylation is 2. The van der Waals surface area contributed by atoms with Gasteiger partial charge in [0.05, 0.1) is 10.2 Å². The first-order valence-corrected chi connectivity index (χ1v) is 9.90. The lowest BCUT2D eigenvalue weighted by Crippen LogP contribution is -2.30. The van der Waals surface area contributed by atoms with Crippen molar-refractivity contribution in [3.63, 3.8) is 0 Å². The van der Waals surface area contributed by atoms with E-state index in [4.69, 9.17) is 12.2 Å². The summed E-state index contributed by atoms with van der Waals surface area (Å²) < 4.78 is 40.9. The SMILES string of the molecule is Cc1cccc(NC(=S)NCCCn2nc(C(F)(F)F)c(Br)c2C2CC2)c1. The van der Waals surface area contributed by atoms with Crippen LogP contribution < -0.4 is 10.6 Å². The van der Waals surface area contributed by atoms with E-state index in [-0.39, 0.29) is 10.4 Å². The van der Waals surface area contributed by atoms with Crippen molar-refractivity contribution in [2.75, 3.05) is 11.9 Å². The summed E-state index contributed by atoms with van der Waals surface area (Å²) in [6.45, 7) is 2.94. The van der Waals surface area contributed by atoms with Crippen LogP contribution in [0.1, 0.15) is 42.1 Å². The molecular weight excluding hydrogens is 441 g/mol. The van der Waals surface area contributed by atoms with Crippen molar-refractivity contribution >= 4 is 38.9 Å². The van der Waals surface area contributed by atoms with Crippen LogP contribution in [0, 0.1) is 6.92 Å². The number of aromatic nitrogens is 2. The maximum absolute atomic E-state index is 13.1. The van der Waals surface area contributed by atoms with Gasteiger partial charge in [0.2, 0.25) is 0 Å². The molecule has 0 bridgehead atoms. The Morgan fingerprint density at radius 1 is 1.37 bits per heavy atom. The lowest BCUT2D eigenvalue weighted by atomic mass is 10.2. The normalized spacial score (nSPS) is 14.3. The Hall–Kier alpha value is -1.61. The first-order valence-electron chi connectivity index (χ1n) is 8.70. The Labute approximate surface area is 169 Å². The zero-order chi connectivity index (χ0) is 19.6. The highest BCUT2D eigenvalue weighted by atomic mass is 79.9. The van der Waals surface area contributed by atoms with Crippen LogP contribution in [0.3, 0.4) is 0 Å². The fraction of sp³-hybridized carbons (Fsp3) is 0.444. The van der Waals surface area contributed by atoms with Gasteiger partial charge in [-0.25, -0.2) is 0 Å². The number of halogens is 4. The molecule has 1 aromatic carbocycles. The van der Waals surface area contributed by atoms with E-state index in [1.165, 1.54) is 4.68 Å². The third kappa shape index (κ3) is 5.22. The number of hydrogen-bond acceptors (Lipinski definition) is 2. The van der Waals surface area contributed by atoms with Gasteiger partial charge in [0, 0.05) is 24.7 Å². The van der Waals surface area contributed by atoms with Gasteiger partial charge >= 0.3 is 6.18 Å². The highest BCUT2D eigenvalue weighted by Gasteiger charge is 2.41. The molecule has 2 N–H and O–H groups in total. The molecule has 2 aromatic rings. The Balaban J connectivity index is 1.54. The molecule has 0 amide bonds. The lowest BCUT2D eigenvalue weighted by molar-refractivity contribution is -0.142. The molecule has 0 radical (unpaired) electrons. The molecule has 1 saturated carbocycles. The van der Waals surface area contributed by atoms with Crippen LogP contribution in [0.4, 0.5) is 18.9 Å². The lowest BCUT2D eigenvalue weighted by Gasteiger charge is -2.12. The summed E-state index contributed by atoms with van der Waals surface area (Å²) in [5.74, 6) is 0.167. The average molecular weight is 461 g/mol. The molecular formula is C18H20BrF3N4S. The van der Waals surface area contributed by atoms with E-state index in [0.29, 0.717) is 30.3 Å². The molecule has 1 aliphatic carbocycles. The zero-order valence-electron chi connectivity index (χ0n) is 14.7. The molecule has 9 heteroatoms. The summed E-state index contributed by atoms with van der Waals surface area (Å²) in [5, 5.41) is 10.5. The van der Waals surface area contributed by atoms with Crippen molar-refractivity contribution in [3.05, 3.63) is 45.7 Å². The van der Waals surface area contributed by atoms with Gasteiger partial charge in [0.1, 0.15) is 0 Å². The van der Waals surface area contributed by atoms with Crippen LogP contribution in [0.25, 0.3) is 0 Å². The largest absolute Gasteiger partial charge is 0.436 e.